The van der Waals surface area contributed by atoms with Gasteiger partial charge in [0.25, 0.3) is 0 Å². The van der Waals surface area contributed by atoms with Gasteiger partial charge in [-0.2, -0.15) is 13.2 Å². The summed E-state index contributed by atoms with van der Waals surface area (Å²) in [6.07, 6.45) is -1.81. The van der Waals surface area contributed by atoms with Crippen molar-refractivity contribution in [2.45, 2.75) is 31.6 Å². The first-order valence-corrected chi connectivity index (χ1v) is 8.53. The number of nitrogens with zero attached hydrogens (tertiary/aromatic N) is 4. The summed E-state index contributed by atoms with van der Waals surface area (Å²) in [5.74, 6) is -1.77. The highest BCUT2D eigenvalue weighted by Crippen LogP contribution is 2.29. The molecule has 146 valence electrons. The number of piperidine rings is 1. The van der Waals surface area contributed by atoms with Gasteiger partial charge >= 0.3 is 6.18 Å². The Morgan fingerprint density at radius 3 is 2.67 bits per heavy atom. The molecule has 2 heterocycles. The number of likely N-dealkylation sites (tertiary alicyclic amines) is 1. The van der Waals surface area contributed by atoms with Crippen molar-refractivity contribution in [2.24, 2.45) is 0 Å². The first-order valence-electron chi connectivity index (χ1n) is 8.53. The third-order valence-corrected chi connectivity index (χ3v) is 4.67. The van der Waals surface area contributed by atoms with Crippen LogP contribution in [-0.2, 0) is 12.7 Å². The number of halogens is 5. The molecule has 1 aromatic heterocycles. The van der Waals surface area contributed by atoms with E-state index >= 15 is 0 Å². The number of hydrogen-bond donors (Lipinski definition) is 0. The van der Waals surface area contributed by atoms with Gasteiger partial charge in [0.05, 0.1) is 0 Å². The second-order valence-corrected chi connectivity index (χ2v) is 6.63. The minimum Gasteiger partial charge on any atom is -0.340 e. The molecule has 0 radical (unpaired) electrons. The van der Waals surface area contributed by atoms with E-state index in [1.807, 2.05) is 0 Å². The van der Waals surface area contributed by atoms with Crippen LogP contribution in [0.5, 0.6) is 0 Å². The van der Waals surface area contributed by atoms with Crippen molar-refractivity contribution in [3.05, 3.63) is 53.4 Å². The summed E-state index contributed by atoms with van der Waals surface area (Å²) < 4.78 is 65.0. The summed E-state index contributed by atoms with van der Waals surface area (Å²) >= 11 is 0. The largest absolute Gasteiger partial charge is 0.433 e. The van der Waals surface area contributed by atoms with E-state index in [2.05, 4.69) is 14.9 Å². The van der Waals surface area contributed by atoms with Crippen LogP contribution in [0.2, 0.25) is 0 Å². The van der Waals surface area contributed by atoms with Crippen LogP contribution in [0.15, 0.2) is 30.5 Å². The van der Waals surface area contributed by atoms with Gasteiger partial charge in [-0.3, -0.25) is 4.90 Å². The first kappa shape index (κ1) is 19.5. The van der Waals surface area contributed by atoms with Crippen molar-refractivity contribution in [3.63, 3.8) is 0 Å². The average molecular weight is 386 g/mol. The lowest BCUT2D eigenvalue weighted by Crippen LogP contribution is -2.46. The molecule has 1 aromatic carbocycles. The van der Waals surface area contributed by atoms with Crippen molar-refractivity contribution in [3.8, 4) is 0 Å². The highest BCUT2D eigenvalue weighted by Gasteiger charge is 2.34. The molecule has 1 aliphatic heterocycles. The van der Waals surface area contributed by atoms with Crippen LogP contribution in [0.4, 0.5) is 27.9 Å². The number of hydrogen-bond acceptors (Lipinski definition) is 4. The van der Waals surface area contributed by atoms with E-state index in [0.29, 0.717) is 18.7 Å². The molecule has 27 heavy (non-hydrogen) atoms. The third-order valence-electron chi connectivity index (χ3n) is 4.67. The molecule has 4 nitrogen and oxygen atoms in total. The number of rotatable bonds is 4. The average Bonchev–Trinajstić information content (AvgIpc) is 2.64. The molecule has 1 atom stereocenters. The van der Waals surface area contributed by atoms with Gasteiger partial charge in [0, 0.05) is 32.4 Å². The fourth-order valence-electron chi connectivity index (χ4n) is 3.23. The highest BCUT2D eigenvalue weighted by molar-refractivity contribution is 5.32. The normalized spacial score (nSPS) is 18.5. The Bertz CT molecular complexity index is 796. The Balaban J connectivity index is 1.69. The zero-order valence-corrected chi connectivity index (χ0v) is 14.7. The van der Waals surface area contributed by atoms with Gasteiger partial charge < -0.3 is 4.90 Å². The summed E-state index contributed by atoms with van der Waals surface area (Å²) in [5, 5.41) is 0. The standard InChI is InChI=1S/C18H19F5N4/c1-26(17-24-7-6-16(25-17)18(21,22)23)13-3-2-8-27(11-13)10-12-4-5-14(19)15(20)9-12/h4-7,9,13H,2-3,8,10-11H2,1H3. The number of anilines is 1. The molecule has 0 amide bonds. The van der Waals surface area contributed by atoms with E-state index in [4.69, 9.17) is 0 Å². The van der Waals surface area contributed by atoms with Crippen molar-refractivity contribution in [1.29, 1.82) is 0 Å². The number of likely N-dealkylation sites (N-methyl/N-ethyl adjacent to an activating group) is 1. The topological polar surface area (TPSA) is 32.3 Å². The second-order valence-electron chi connectivity index (χ2n) is 6.63. The Labute approximate surface area is 153 Å². The molecule has 0 saturated carbocycles. The molecular weight excluding hydrogens is 367 g/mol. The number of alkyl halides is 3. The summed E-state index contributed by atoms with van der Waals surface area (Å²) in [6.45, 7) is 1.77. The van der Waals surface area contributed by atoms with Gasteiger partial charge in [-0.05, 0) is 43.1 Å². The molecule has 1 saturated heterocycles. The Morgan fingerprint density at radius 2 is 1.96 bits per heavy atom. The van der Waals surface area contributed by atoms with E-state index in [1.165, 1.54) is 12.1 Å². The van der Waals surface area contributed by atoms with Crippen molar-refractivity contribution in [1.82, 2.24) is 14.9 Å². The first-order chi connectivity index (χ1) is 12.7. The highest BCUT2D eigenvalue weighted by atomic mass is 19.4. The van der Waals surface area contributed by atoms with Crippen LogP contribution in [0, 0.1) is 11.6 Å². The zero-order valence-electron chi connectivity index (χ0n) is 14.7. The molecule has 3 rings (SSSR count). The van der Waals surface area contributed by atoms with E-state index in [9.17, 15) is 22.0 Å². The van der Waals surface area contributed by atoms with Gasteiger partial charge in [0.2, 0.25) is 5.95 Å². The smallest absolute Gasteiger partial charge is 0.340 e. The maximum atomic E-state index is 13.4. The molecular formula is C18H19F5N4. The number of aromatic nitrogens is 2. The van der Waals surface area contributed by atoms with Crippen molar-refractivity contribution >= 4 is 5.95 Å². The van der Waals surface area contributed by atoms with Crippen LogP contribution < -0.4 is 4.90 Å². The van der Waals surface area contributed by atoms with Crippen LogP contribution in [0.3, 0.4) is 0 Å². The van der Waals surface area contributed by atoms with Crippen LogP contribution >= 0.6 is 0 Å². The summed E-state index contributed by atoms with van der Waals surface area (Å²) in [7, 11) is 1.67. The lowest BCUT2D eigenvalue weighted by atomic mass is 10.0. The second kappa shape index (κ2) is 7.75. The van der Waals surface area contributed by atoms with Crippen LogP contribution in [0.25, 0.3) is 0 Å². The van der Waals surface area contributed by atoms with E-state index in [0.717, 1.165) is 37.7 Å². The number of benzene rings is 1. The Morgan fingerprint density at radius 1 is 1.19 bits per heavy atom. The fourth-order valence-corrected chi connectivity index (χ4v) is 3.23. The van der Waals surface area contributed by atoms with E-state index < -0.39 is 23.5 Å². The predicted octanol–water partition coefficient (Wildman–Crippen LogP) is 3.87. The van der Waals surface area contributed by atoms with Crippen LogP contribution in [0.1, 0.15) is 24.1 Å². The summed E-state index contributed by atoms with van der Waals surface area (Å²) in [5.41, 5.74) is -0.332. The molecule has 0 aliphatic carbocycles. The third kappa shape index (κ3) is 4.71. The Hall–Kier alpha value is -2.29. The minimum atomic E-state index is -4.52. The molecule has 9 heteroatoms. The van der Waals surface area contributed by atoms with Crippen molar-refractivity contribution in [2.75, 3.05) is 25.0 Å². The van der Waals surface area contributed by atoms with Gasteiger partial charge in [-0.15, -0.1) is 0 Å². The molecule has 1 aliphatic rings. The van der Waals surface area contributed by atoms with E-state index in [1.54, 1.807) is 11.9 Å². The van der Waals surface area contributed by atoms with Gasteiger partial charge in [-0.1, -0.05) is 6.07 Å². The summed E-state index contributed by atoms with van der Waals surface area (Å²) in [6, 6.07) is 4.55. The molecule has 1 fully saturated rings. The van der Waals surface area contributed by atoms with Crippen molar-refractivity contribution < 1.29 is 22.0 Å². The Kier molecular flexibility index (Phi) is 5.59. The summed E-state index contributed by atoms with van der Waals surface area (Å²) in [4.78, 5) is 11.3. The van der Waals surface area contributed by atoms with Gasteiger partial charge in [0.1, 0.15) is 5.69 Å². The maximum Gasteiger partial charge on any atom is 0.433 e. The minimum absolute atomic E-state index is 0.0181. The predicted molar refractivity (Wildman–Crippen MR) is 90.1 cm³/mol. The monoisotopic (exact) mass is 386 g/mol. The fraction of sp³-hybridized carbons (Fsp3) is 0.444. The maximum absolute atomic E-state index is 13.4. The zero-order chi connectivity index (χ0) is 19.6. The SMILES string of the molecule is CN(c1nccc(C(F)(F)F)n1)C1CCCN(Cc2ccc(F)c(F)c2)C1. The van der Waals surface area contributed by atoms with Gasteiger partial charge in [-0.25, -0.2) is 18.7 Å². The lowest BCUT2D eigenvalue weighted by Gasteiger charge is -2.37. The molecule has 0 bridgehead atoms. The van der Waals surface area contributed by atoms with E-state index in [-0.39, 0.29) is 12.0 Å². The lowest BCUT2D eigenvalue weighted by molar-refractivity contribution is -0.141. The van der Waals surface area contributed by atoms with Crippen LogP contribution in [-0.4, -0.2) is 41.0 Å². The molecule has 1 unspecified atom stereocenters. The molecule has 0 N–H and O–H groups in total. The molecule has 0 spiro atoms. The molecule has 2 aromatic rings. The quantitative estimate of drug-likeness (QED) is 0.747. The van der Waals surface area contributed by atoms with Gasteiger partial charge in [0.15, 0.2) is 11.6 Å².